The second-order valence-electron chi connectivity index (χ2n) is 4.68. The maximum absolute atomic E-state index is 5.99. The monoisotopic (exact) mass is 234 g/mol. The molecule has 1 aromatic rings. The van der Waals surface area contributed by atoms with Crippen molar-refractivity contribution in [2.24, 2.45) is 0 Å². The quantitative estimate of drug-likeness (QED) is 0.789. The van der Waals surface area contributed by atoms with Gasteiger partial charge in [0.15, 0.2) is 0 Å². The SMILES string of the molecule is Nc1nc(N2CCCCC2)nc2c1COCC2. The lowest BCUT2D eigenvalue weighted by molar-refractivity contribution is 0.109. The molecule has 0 spiro atoms. The molecule has 1 aromatic heterocycles. The van der Waals surface area contributed by atoms with Gasteiger partial charge in [0.1, 0.15) is 5.82 Å². The van der Waals surface area contributed by atoms with Crippen LogP contribution in [-0.4, -0.2) is 29.7 Å². The van der Waals surface area contributed by atoms with E-state index in [-0.39, 0.29) is 0 Å². The van der Waals surface area contributed by atoms with Crippen LogP contribution >= 0.6 is 0 Å². The fourth-order valence-electron chi connectivity index (χ4n) is 2.48. The number of fused-ring (bicyclic) bond motifs is 1. The zero-order valence-electron chi connectivity index (χ0n) is 9.98. The highest BCUT2D eigenvalue weighted by Gasteiger charge is 2.20. The summed E-state index contributed by atoms with van der Waals surface area (Å²) in [4.78, 5) is 11.3. The number of ether oxygens (including phenoxy) is 1. The molecule has 0 saturated carbocycles. The molecule has 0 atom stereocenters. The fraction of sp³-hybridized carbons (Fsp3) is 0.667. The highest BCUT2D eigenvalue weighted by molar-refractivity contribution is 5.48. The lowest BCUT2D eigenvalue weighted by Crippen LogP contribution is -2.32. The van der Waals surface area contributed by atoms with Crippen LogP contribution in [0.3, 0.4) is 0 Å². The van der Waals surface area contributed by atoms with E-state index in [0.29, 0.717) is 12.4 Å². The van der Waals surface area contributed by atoms with Crippen molar-refractivity contribution in [1.82, 2.24) is 9.97 Å². The molecule has 1 saturated heterocycles. The second kappa shape index (κ2) is 4.49. The average molecular weight is 234 g/mol. The molecular weight excluding hydrogens is 216 g/mol. The fourth-order valence-corrected chi connectivity index (χ4v) is 2.48. The first kappa shape index (κ1) is 10.8. The predicted octanol–water partition coefficient (Wildman–Crippen LogP) is 1.12. The van der Waals surface area contributed by atoms with Gasteiger partial charge in [-0.1, -0.05) is 0 Å². The Balaban J connectivity index is 1.92. The van der Waals surface area contributed by atoms with Gasteiger partial charge in [-0.2, -0.15) is 4.98 Å². The molecule has 2 aliphatic heterocycles. The third-order valence-corrected chi connectivity index (χ3v) is 3.48. The summed E-state index contributed by atoms with van der Waals surface area (Å²) in [6.07, 6.45) is 4.61. The van der Waals surface area contributed by atoms with E-state index >= 15 is 0 Å². The lowest BCUT2D eigenvalue weighted by atomic mass is 10.1. The lowest BCUT2D eigenvalue weighted by Gasteiger charge is -2.28. The van der Waals surface area contributed by atoms with E-state index in [1.54, 1.807) is 0 Å². The Morgan fingerprint density at radius 3 is 2.76 bits per heavy atom. The van der Waals surface area contributed by atoms with Crippen LogP contribution in [0.15, 0.2) is 0 Å². The topological polar surface area (TPSA) is 64.3 Å². The number of nitrogens with zero attached hydrogens (tertiary/aromatic N) is 3. The molecule has 2 N–H and O–H groups in total. The molecule has 0 unspecified atom stereocenters. The van der Waals surface area contributed by atoms with E-state index < -0.39 is 0 Å². The molecule has 3 rings (SSSR count). The summed E-state index contributed by atoms with van der Waals surface area (Å²) in [6, 6.07) is 0. The normalized spacial score (nSPS) is 20.1. The minimum Gasteiger partial charge on any atom is -0.383 e. The molecule has 2 aliphatic rings. The minimum atomic E-state index is 0.557. The van der Waals surface area contributed by atoms with Crippen molar-refractivity contribution in [3.63, 3.8) is 0 Å². The Kier molecular flexibility index (Phi) is 2.84. The van der Waals surface area contributed by atoms with Gasteiger partial charge in [0.2, 0.25) is 5.95 Å². The van der Waals surface area contributed by atoms with E-state index in [0.717, 1.165) is 43.3 Å². The van der Waals surface area contributed by atoms with Crippen LogP contribution in [0.5, 0.6) is 0 Å². The number of nitrogen functional groups attached to an aromatic ring is 1. The van der Waals surface area contributed by atoms with E-state index in [1.165, 1.54) is 19.3 Å². The molecule has 0 bridgehead atoms. The number of hydrogen-bond acceptors (Lipinski definition) is 5. The third-order valence-electron chi connectivity index (χ3n) is 3.48. The van der Waals surface area contributed by atoms with Crippen molar-refractivity contribution in [3.8, 4) is 0 Å². The molecule has 0 radical (unpaired) electrons. The van der Waals surface area contributed by atoms with Crippen molar-refractivity contribution < 1.29 is 4.74 Å². The number of aromatic nitrogens is 2. The Hall–Kier alpha value is -1.36. The Bertz CT molecular complexity index is 415. The van der Waals surface area contributed by atoms with Crippen LogP contribution in [0, 0.1) is 0 Å². The summed E-state index contributed by atoms with van der Waals surface area (Å²) in [5.74, 6) is 1.40. The van der Waals surface area contributed by atoms with E-state index in [9.17, 15) is 0 Å². The Morgan fingerprint density at radius 1 is 1.12 bits per heavy atom. The molecule has 1 fully saturated rings. The number of rotatable bonds is 1. The molecule has 5 nitrogen and oxygen atoms in total. The van der Waals surface area contributed by atoms with Crippen LogP contribution in [0.25, 0.3) is 0 Å². The summed E-state index contributed by atoms with van der Waals surface area (Å²) in [5.41, 5.74) is 8.05. The van der Waals surface area contributed by atoms with Crippen LogP contribution in [-0.2, 0) is 17.8 Å². The summed E-state index contributed by atoms with van der Waals surface area (Å²) in [5, 5.41) is 0. The molecule has 92 valence electrons. The van der Waals surface area contributed by atoms with Crippen molar-refractivity contribution in [2.75, 3.05) is 30.3 Å². The molecule has 17 heavy (non-hydrogen) atoms. The molecular formula is C12H18N4O. The number of anilines is 2. The van der Waals surface area contributed by atoms with E-state index in [1.807, 2.05) is 0 Å². The van der Waals surface area contributed by atoms with Crippen LogP contribution in [0.1, 0.15) is 30.5 Å². The van der Waals surface area contributed by atoms with Gasteiger partial charge in [-0.3, -0.25) is 0 Å². The van der Waals surface area contributed by atoms with Crippen molar-refractivity contribution in [1.29, 1.82) is 0 Å². The van der Waals surface area contributed by atoms with Gasteiger partial charge in [-0.25, -0.2) is 4.98 Å². The molecule has 0 amide bonds. The largest absolute Gasteiger partial charge is 0.383 e. The van der Waals surface area contributed by atoms with E-state index in [4.69, 9.17) is 10.5 Å². The van der Waals surface area contributed by atoms with Crippen molar-refractivity contribution in [2.45, 2.75) is 32.3 Å². The predicted molar refractivity (Wildman–Crippen MR) is 65.9 cm³/mol. The molecule has 0 aliphatic carbocycles. The first-order valence-electron chi connectivity index (χ1n) is 6.32. The molecule has 5 heteroatoms. The van der Waals surface area contributed by atoms with Gasteiger partial charge in [-0.05, 0) is 19.3 Å². The summed E-state index contributed by atoms with van der Waals surface area (Å²) < 4.78 is 5.39. The highest BCUT2D eigenvalue weighted by atomic mass is 16.5. The van der Waals surface area contributed by atoms with Crippen LogP contribution in [0.2, 0.25) is 0 Å². The van der Waals surface area contributed by atoms with Crippen LogP contribution in [0.4, 0.5) is 11.8 Å². The number of hydrogen-bond donors (Lipinski definition) is 1. The maximum atomic E-state index is 5.99. The smallest absolute Gasteiger partial charge is 0.227 e. The zero-order valence-corrected chi connectivity index (χ0v) is 9.98. The maximum Gasteiger partial charge on any atom is 0.227 e. The first-order valence-corrected chi connectivity index (χ1v) is 6.32. The van der Waals surface area contributed by atoms with Crippen molar-refractivity contribution >= 4 is 11.8 Å². The van der Waals surface area contributed by atoms with Gasteiger partial charge in [0.25, 0.3) is 0 Å². The highest BCUT2D eigenvalue weighted by Crippen LogP contribution is 2.24. The van der Waals surface area contributed by atoms with E-state index in [2.05, 4.69) is 14.9 Å². The first-order chi connectivity index (χ1) is 8.34. The number of piperidine rings is 1. The zero-order chi connectivity index (χ0) is 11.7. The Labute approximate surface area is 101 Å². The minimum absolute atomic E-state index is 0.557. The summed E-state index contributed by atoms with van der Waals surface area (Å²) >= 11 is 0. The molecule has 0 aromatic carbocycles. The average Bonchev–Trinajstić information content (AvgIpc) is 2.40. The Morgan fingerprint density at radius 2 is 1.94 bits per heavy atom. The van der Waals surface area contributed by atoms with Gasteiger partial charge < -0.3 is 15.4 Å². The summed E-state index contributed by atoms with van der Waals surface area (Å²) in [6.45, 7) is 3.40. The van der Waals surface area contributed by atoms with Gasteiger partial charge in [-0.15, -0.1) is 0 Å². The van der Waals surface area contributed by atoms with Crippen LogP contribution < -0.4 is 10.6 Å². The van der Waals surface area contributed by atoms with Gasteiger partial charge in [0, 0.05) is 25.1 Å². The second-order valence-corrected chi connectivity index (χ2v) is 4.68. The summed E-state index contributed by atoms with van der Waals surface area (Å²) in [7, 11) is 0. The van der Waals surface area contributed by atoms with Gasteiger partial charge >= 0.3 is 0 Å². The number of nitrogens with two attached hydrogens (primary N) is 1. The van der Waals surface area contributed by atoms with Gasteiger partial charge in [0.05, 0.1) is 18.9 Å². The third kappa shape index (κ3) is 2.07. The molecule has 3 heterocycles. The standard InChI is InChI=1S/C12H18N4O/c13-11-9-8-17-7-4-10(9)14-12(15-11)16-5-2-1-3-6-16/h1-8H2,(H2,13,14,15). The van der Waals surface area contributed by atoms with Crippen molar-refractivity contribution in [3.05, 3.63) is 11.3 Å².